The molecule has 1 aliphatic carbocycles. The summed E-state index contributed by atoms with van der Waals surface area (Å²) >= 11 is 1.73. The average molecular weight is 407 g/mol. The van der Waals surface area contributed by atoms with Gasteiger partial charge >= 0.3 is 0 Å². The van der Waals surface area contributed by atoms with E-state index in [0.29, 0.717) is 37.8 Å². The van der Waals surface area contributed by atoms with Crippen molar-refractivity contribution in [3.05, 3.63) is 64.6 Å². The molecule has 1 saturated carbocycles. The Hall–Kier alpha value is -3.00. The van der Waals surface area contributed by atoms with Gasteiger partial charge in [0.2, 0.25) is 5.91 Å². The van der Waals surface area contributed by atoms with Gasteiger partial charge in [0, 0.05) is 42.9 Å². The molecule has 0 N–H and O–H groups in total. The van der Waals surface area contributed by atoms with Crippen molar-refractivity contribution in [3.8, 4) is 5.69 Å². The summed E-state index contributed by atoms with van der Waals surface area (Å²) in [5, 5.41) is 10.6. The number of carbonyl (C=O) groups is 2. The van der Waals surface area contributed by atoms with Crippen molar-refractivity contribution in [2.45, 2.75) is 12.3 Å². The number of benzene rings is 1. The predicted molar refractivity (Wildman–Crippen MR) is 109 cm³/mol. The van der Waals surface area contributed by atoms with Gasteiger partial charge in [-0.1, -0.05) is 24.3 Å². The molecular formula is C21H21N5O2S. The molecule has 2 aliphatic rings. The van der Waals surface area contributed by atoms with Crippen LogP contribution in [0.3, 0.4) is 0 Å². The Balaban J connectivity index is 1.17. The van der Waals surface area contributed by atoms with Gasteiger partial charge in [-0.2, -0.15) is 9.90 Å². The molecule has 3 aromatic rings. The highest BCUT2D eigenvalue weighted by Crippen LogP contribution is 2.50. The number of hydrogen-bond donors (Lipinski definition) is 0. The lowest BCUT2D eigenvalue weighted by molar-refractivity contribution is -0.134. The van der Waals surface area contributed by atoms with Crippen molar-refractivity contribution in [2.24, 2.45) is 5.92 Å². The summed E-state index contributed by atoms with van der Waals surface area (Å²) in [6, 6.07) is 13.7. The van der Waals surface area contributed by atoms with Gasteiger partial charge in [-0.15, -0.1) is 16.4 Å². The minimum absolute atomic E-state index is 0.113. The molecule has 0 bridgehead atoms. The Morgan fingerprint density at radius 2 is 1.72 bits per heavy atom. The fourth-order valence-electron chi connectivity index (χ4n) is 3.86. The highest BCUT2D eigenvalue weighted by Gasteiger charge is 2.46. The third kappa shape index (κ3) is 3.55. The van der Waals surface area contributed by atoms with Gasteiger partial charge in [0.05, 0.1) is 11.9 Å². The van der Waals surface area contributed by atoms with E-state index < -0.39 is 0 Å². The van der Waals surface area contributed by atoms with E-state index in [9.17, 15) is 9.59 Å². The highest BCUT2D eigenvalue weighted by atomic mass is 32.1. The summed E-state index contributed by atoms with van der Waals surface area (Å²) in [4.78, 5) is 32.0. The maximum atomic E-state index is 12.8. The van der Waals surface area contributed by atoms with Crippen molar-refractivity contribution in [1.82, 2.24) is 24.8 Å². The lowest BCUT2D eigenvalue weighted by atomic mass is 10.2. The van der Waals surface area contributed by atoms with E-state index >= 15 is 0 Å². The van der Waals surface area contributed by atoms with Crippen molar-refractivity contribution in [1.29, 1.82) is 0 Å². The van der Waals surface area contributed by atoms with Crippen LogP contribution in [-0.2, 0) is 4.79 Å². The summed E-state index contributed by atoms with van der Waals surface area (Å²) in [5.41, 5.74) is 1.14. The van der Waals surface area contributed by atoms with E-state index in [0.717, 1.165) is 12.1 Å². The molecule has 148 valence electrons. The van der Waals surface area contributed by atoms with Crippen LogP contribution in [0.2, 0.25) is 0 Å². The Bertz CT molecular complexity index is 1010. The second-order valence-corrected chi connectivity index (χ2v) is 8.42. The standard InChI is InChI=1S/C21H21N5O2S/c27-20(17-13-16(17)19-7-4-12-29-19)24-8-10-25(11-9-24)21(28)18-14-22-26(23-18)15-5-2-1-3-6-15/h1-7,12,14,16-17H,8-11,13H2/t16-,17+/m0/s1. The number of hydrogen-bond acceptors (Lipinski definition) is 5. The SMILES string of the molecule is O=C(c1cnn(-c2ccccc2)n1)N1CCN(C(=O)[C@@H]2C[C@@H]2c2cccs2)CC1. The van der Waals surface area contributed by atoms with Gasteiger partial charge < -0.3 is 9.80 Å². The van der Waals surface area contributed by atoms with E-state index in [2.05, 4.69) is 21.6 Å². The molecule has 1 aliphatic heterocycles. The third-order valence-corrected chi connectivity index (χ3v) is 6.60. The van der Waals surface area contributed by atoms with E-state index in [4.69, 9.17) is 0 Å². The number of rotatable bonds is 4. The minimum atomic E-state index is -0.137. The van der Waals surface area contributed by atoms with Crippen molar-refractivity contribution in [3.63, 3.8) is 0 Å². The Labute approximate surface area is 172 Å². The minimum Gasteiger partial charge on any atom is -0.339 e. The summed E-state index contributed by atoms with van der Waals surface area (Å²) in [7, 11) is 0. The first-order valence-corrected chi connectivity index (χ1v) is 10.7. The van der Waals surface area contributed by atoms with Crippen LogP contribution in [0.25, 0.3) is 5.69 Å². The molecule has 0 unspecified atom stereocenters. The van der Waals surface area contributed by atoms with Crippen molar-refractivity contribution in [2.75, 3.05) is 26.2 Å². The molecule has 0 spiro atoms. The first-order valence-electron chi connectivity index (χ1n) is 9.80. The van der Waals surface area contributed by atoms with E-state index in [-0.39, 0.29) is 17.7 Å². The van der Waals surface area contributed by atoms with Crippen LogP contribution in [-0.4, -0.2) is 62.8 Å². The predicted octanol–water partition coefficient (Wildman–Crippen LogP) is 2.42. The topological polar surface area (TPSA) is 71.3 Å². The van der Waals surface area contributed by atoms with Crippen LogP contribution in [0, 0.1) is 5.92 Å². The first kappa shape index (κ1) is 18.1. The molecule has 0 radical (unpaired) electrons. The molecule has 1 saturated heterocycles. The van der Waals surface area contributed by atoms with Gasteiger partial charge in [-0.25, -0.2) is 0 Å². The summed E-state index contributed by atoms with van der Waals surface area (Å²) in [5.74, 6) is 0.588. The lowest BCUT2D eigenvalue weighted by Crippen LogP contribution is -2.51. The third-order valence-electron chi connectivity index (χ3n) is 5.59. The van der Waals surface area contributed by atoms with Crippen LogP contribution in [0.1, 0.15) is 27.7 Å². The number of para-hydroxylation sites is 1. The zero-order valence-electron chi connectivity index (χ0n) is 15.8. The molecule has 5 rings (SSSR count). The summed E-state index contributed by atoms with van der Waals surface area (Å²) in [6.45, 7) is 2.20. The number of piperazine rings is 1. The second kappa shape index (κ2) is 7.44. The molecule has 2 amide bonds. The number of aromatic nitrogens is 3. The van der Waals surface area contributed by atoms with Crippen LogP contribution in [0.15, 0.2) is 54.0 Å². The average Bonchev–Trinajstić information content (AvgIpc) is 3.17. The number of carbonyl (C=O) groups excluding carboxylic acids is 2. The van der Waals surface area contributed by atoms with Crippen LogP contribution < -0.4 is 0 Å². The monoisotopic (exact) mass is 407 g/mol. The van der Waals surface area contributed by atoms with E-state index in [1.54, 1.807) is 16.2 Å². The zero-order valence-corrected chi connectivity index (χ0v) is 16.7. The molecule has 1 aromatic carbocycles. The van der Waals surface area contributed by atoms with E-state index in [1.165, 1.54) is 15.9 Å². The van der Waals surface area contributed by atoms with Crippen LogP contribution >= 0.6 is 11.3 Å². The molecule has 2 fully saturated rings. The van der Waals surface area contributed by atoms with Gasteiger partial charge in [0.1, 0.15) is 0 Å². The van der Waals surface area contributed by atoms with Crippen LogP contribution in [0.5, 0.6) is 0 Å². The Kier molecular flexibility index (Phi) is 4.63. The largest absolute Gasteiger partial charge is 0.339 e. The van der Waals surface area contributed by atoms with Gasteiger partial charge in [0.25, 0.3) is 5.91 Å². The van der Waals surface area contributed by atoms with E-state index in [1.807, 2.05) is 41.3 Å². The number of nitrogens with zero attached hydrogens (tertiary/aromatic N) is 5. The molecule has 2 aromatic heterocycles. The van der Waals surface area contributed by atoms with Crippen LogP contribution in [0.4, 0.5) is 0 Å². The fourth-order valence-corrected chi connectivity index (χ4v) is 4.76. The molecule has 29 heavy (non-hydrogen) atoms. The quantitative estimate of drug-likeness (QED) is 0.666. The maximum absolute atomic E-state index is 12.8. The highest BCUT2D eigenvalue weighted by molar-refractivity contribution is 7.10. The Morgan fingerprint density at radius 1 is 0.966 bits per heavy atom. The van der Waals surface area contributed by atoms with Gasteiger partial charge in [-0.3, -0.25) is 9.59 Å². The molecule has 2 atom stereocenters. The smallest absolute Gasteiger partial charge is 0.276 e. The van der Waals surface area contributed by atoms with Crippen molar-refractivity contribution < 1.29 is 9.59 Å². The molecular weight excluding hydrogens is 386 g/mol. The molecule has 8 heteroatoms. The Morgan fingerprint density at radius 3 is 2.45 bits per heavy atom. The number of thiophene rings is 1. The second-order valence-electron chi connectivity index (χ2n) is 7.44. The fraction of sp³-hybridized carbons (Fsp3) is 0.333. The lowest BCUT2D eigenvalue weighted by Gasteiger charge is -2.34. The van der Waals surface area contributed by atoms with Gasteiger partial charge in [0.15, 0.2) is 5.69 Å². The first-order chi connectivity index (χ1) is 14.2. The summed E-state index contributed by atoms with van der Waals surface area (Å²) in [6.07, 6.45) is 2.45. The molecule has 7 nitrogen and oxygen atoms in total. The maximum Gasteiger partial charge on any atom is 0.276 e. The zero-order chi connectivity index (χ0) is 19.8. The summed E-state index contributed by atoms with van der Waals surface area (Å²) < 4.78 is 0. The number of amides is 2. The normalized spacial score (nSPS) is 21.2. The molecule has 3 heterocycles. The van der Waals surface area contributed by atoms with Gasteiger partial charge in [-0.05, 0) is 30.0 Å². The van der Waals surface area contributed by atoms with Crippen molar-refractivity contribution >= 4 is 23.2 Å².